The van der Waals surface area contributed by atoms with Crippen LogP contribution in [0.5, 0.6) is 0 Å². The van der Waals surface area contributed by atoms with E-state index >= 15 is 0 Å². The number of hydrogen-bond donors (Lipinski definition) is 1. The zero-order chi connectivity index (χ0) is 9.61. The van der Waals surface area contributed by atoms with E-state index in [4.69, 9.17) is 0 Å². The van der Waals surface area contributed by atoms with Gasteiger partial charge < -0.3 is 10.2 Å². The maximum absolute atomic E-state index is 3.26. The molecule has 0 aliphatic rings. The van der Waals surface area contributed by atoms with Crippen LogP contribution in [0.4, 0.5) is 0 Å². The third kappa shape index (κ3) is 3.55. The van der Waals surface area contributed by atoms with Crippen LogP contribution in [-0.4, -0.2) is 38.1 Å². The second kappa shape index (κ2) is 5.55. The van der Waals surface area contributed by atoms with Crippen molar-refractivity contribution in [3.8, 4) is 0 Å². The monoisotopic (exact) mass is 172 g/mol. The van der Waals surface area contributed by atoms with Gasteiger partial charge in [0.05, 0.1) is 0 Å². The van der Waals surface area contributed by atoms with Gasteiger partial charge in [-0.25, -0.2) is 0 Å². The molecule has 0 aromatic rings. The molecule has 0 fully saturated rings. The van der Waals surface area contributed by atoms with Gasteiger partial charge >= 0.3 is 0 Å². The van der Waals surface area contributed by atoms with E-state index in [1.807, 2.05) is 7.05 Å². The van der Waals surface area contributed by atoms with Crippen LogP contribution < -0.4 is 5.32 Å². The van der Waals surface area contributed by atoms with E-state index in [0.29, 0.717) is 5.54 Å². The van der Waals surface area contributed by atoms with Gasteiger partial charge in [-0.2, -0.15) is 0 Å². The molecular formula is C10H24N2. The Bertz CT molecular complexity index is 112. The molecule has 0 aliphatic carbocycles. The topological polar surface area (TPSA) is 15.3 Å². The van der Waals surface area contributed by atoms with Gasteiger partial charge in [-0.05, 0) is 34.5 Å². The molecule has 0 radical (unpaired) electrons. The predicted molar refractivity (Wildman–Crippen MR) is 55.5 cm³/mol. The Hall–Kier alpha value is -0.0800. The van der Waals surface area contributed by atoms with E-state index in [9.17, 15) is 0 Å². The smallest absolute Gasteiger partial charge is 0.0299 e. The van der Waals surface area contributed by atoms with Crippen LogP contribution >= 0.6 is 0 Å². The molecule has 74 valence electrons. The summed E-state index contributed by atoms with van der Waals surface area (Å²) in [6.07, 6.45) is 3.88. The summed E-state index contributed by atoms with van der Waals surface area (Å²) in [7, 11) is 6.34. The number of likely N-dealkylation sites (N-methyl/N-ethyl adjacent to an activating group) is 2. The average Bonchev–Trinajstić information content (AvgIpc) is 2.01. The molecule has 1 unspecified atom stereocenters. The van der Waals surface area contributed by atoms with Crippen LogP contribution in [0.25, 0.3) is 0 Å². The number of rotatable bonds is 6. The number of nitrogens with one attached hydrogen (secondary N) is 1. The minimum atomic E-state index is 0.324. The van der Waals surface area contributed by atoms with Gasteiger partial charge in [0.1, 0.15) is 0 Å². The Morgan fingerprint density at radius 1 is 1.33 bits per heavy atom. The number of unbranched alkanes of at least 4 members (excludes halogenated alkanes) is 1. The molecule has 2 nitrogen and oxygen atoms in total. The van der Waals surface area contributed by atoms with Crippen molar-refractivity contribution < 1.29 is 0 Å². The highest BCUT2D eigenvalue weighted by Gasteiger charge is 2.24. The fourth-order valence-electron chi connectivity index (χ4n) is 1.41. The van der Waals surface area contributed by atoms with Gasteiger partial charge in [0.2, 0.25) is 0 Å². The van der Waals surface area contributed by atoms with Crippen molar-refractivity contribution in [3.63, 3.8) is 0 Å². The second-order valence-electron chi connectivity index (χ2n) is 4.03. The zero-order valence-electron chi connectivity index (χ0n) is 9.28. The molecule has 0 spiro atoms. The molecule has 0 aliphatic heterocycles. The molecule has 1 N–H and O–H groups in total. The Kier molecular flexibility index (Phi) is 5.51. The molecule has 0 aromatic carbocycles. The van der Waals surface area contributed by atoms with Crippen LogP contribution in [0.15, 0.2) is 0 Å². The lowest BCUT2D eigenvalue weighted by atomic mass is 9.93. The van der Waals surface area contributed by atoms with Crippen LogP contribution in [0, 0.1) is 0 Å². The van der Waals surface area contributed by atoms with E-state index in [1.54, 1.807) is 0 Å². The van der Waals surface area contributed by atoms with E-state index < -0.39 is 0 Å². The lowest BCUT2D eigenvalue weighted by Crippen LogP contribution is -2.48. The summed E-state index contributed by atoms with van der Waals surface area (Å²) in [4.78, 5) is 2.32. The van der Waals surface area contributed by atoms with E-state index in [0.717, 1.165) is 6.54 Å². The Morgan fingerprint density at radius 3 is 2.25 bits per heavy atom. The summed E-state index contributed by atoms with van der Waals surface area (Å²) in [6, 6.07) is 0. The molecule has 0 rings (SSSR count). The van der Waals surface area contributed by atoms with Crippen molar-refractivity contribution in [2.24, 2.45) is 0 Å². The van der Waals surface area contributed by atoms with Crippen LogP contribution in [-0.2, 0) is 0 Å². The molecule has 0 bridgehead atoms. The van der Waals surface area contributed by atoms with E-state index in [-0.39, 0.29) is 0 Å². The van der Waals surface area contributed by atoms with Crippen molar-refractivity contribution >= 4 is 0 Å². The first kappa shape index (κ1) is 11.9. The fraction of sp³-hybridized carbons (Fsp3) is 1.00. The molecule has 12 heavy (non-hydrogen) atoms. The first-order chi connectivity index (χ1) is 5.56. The second-order valence-corrected chi connectivity index (χ2v) is 4.03. The summed E-state index contributed by atoms with van der Waals surface area (Å²) < 4.78 is 0. The van der Waals surface area contributed by atoms with Gasteiger partial charge in [-0.1, -0.05) is 19.8 Å². The molecule has 0 amide bonds. The predicted octanol–water partition coefficient (Wildman–Crippen LogP) is 1.72. The minimum absolute atomic E-state index is 0.324. The molecule has 0 heterocycles. The third-order valence-electron chi connectivity index (χ3n) is 2.71. The van der Waals surface area contributed by atoms with Gasteiger partial charge in [0, 0.05) is 12.1 Å². The maximum Gasteiger partial charge on any atom is 0.0299 e. The van der Waals surface area contributed by atoms with Crippen molar-refractivity contribution in [2.75, 3.05) is 27.7 Å². The summed E-state index contributed by atoms with van der Waals surface area (Å²) >= 11 is 0. The Balaban J connectivity index is 3.99. The molecule has 2 heteroatoms. The zero-order valence-corrected chi connectivity index (χ0v) is 9.28. The van der Waals surface area contributed by atoms with Gasteiger partial charge in [-0.15, -0.1) is 0 Å². The highest BCUT2D eigenvalue weighted by Crippen LogP contribution is 2.18. The van der Waals surface area contributed by atoms with E-state index in [1.165, 1.54) is 19.3 Å². The van der Waals surface area contributed by atoms with Crippen molar-refractivity contribution in [3.05, 3.63) is 0 Å². The van der Waals surface area contributed by atoms with Crippen LogP contribution in [0.1, 0.15) is 33.1 Å². The number of nitrogens with zero attached hydrogens (tertiary/aromatic N) is 1. The first-order valence-electron chi connectivity index (χ1n) is 4.89. The SMILES string of the molecule is CCCCC(C)(CNC)N(C)C. The van der Waals surface area contributed by atoms with Crippen molar-refractivity contribution in [1.29, 1.82) is 0 Å². The van der Waals surface area contributed by atoms with Crippen LogP contribution in [0.3, 0.4) is 0 Å². The normalized spacial score (nSPS) is 16.5. The van der Waals surface area contributed by atoms with E-state index in [2.05, 4.69) is 38.2 Å². The molecule has 0 saturated heterocycles. The summed E-state index contributed by atoms with van der Waals surface area (Å²) in [5.41, 5.74) is 0.324. The van der Waals surface area contributed by atoms with Crippen molar-refractivity contribution in [2.45, 2.75) is 38.6 Å². The lowest BCUT2D eigenvalue weighted by Gasteiger charge is -2.36. The van der Waals surface area contributed by atoms with Crippen molar-refractivity contribution in [1.82, 2.24) is 10.2 Å². The lowest BCUT2D eigenvalue weighted by molar-refractivity contribution is 0.155. The molecule has 0 saturated carbocycles. The minimum Gasteiger partial charge on any atom is -0.318 e. The first-order valence-corrected chi connectivity index (χ1v) is 4.89. The summed E-state index contributed by atoms with van der Waals surface area (Å²) in [5, 5.41) is 3.26. The quantitative estimate of drug-likeness (QED) is 0.656. The molecular weight excluding hydrogens is 148 g/mol. The largest absolute Gasteiger partial charge is 0.318 e. The Morgan fingerprint density at radius 2 is 1.92 bits per heavy atom. The molecule has 0 aromatic heterocycles. The standard InChI is InChI=1S/C10H24N2/c1-6-7-8-10(2,9-11-3)12(4)5/h11H,6-9H2,1-5H3. The van der Waals surface area contributed by atoms with Gasteiger partial charge in [0.25, 0.3) is 0 Å². The Labute approximate surface area is 77.3 Å². The van der Waals surface area contributed by atoms with Crippen LogP contribution in [0.2, 0.25) is 0 Å². The highest BCUT2D eigenvalue weighted by molar-refractivity contribution is 4.84. The number of hydrogen-bond acceptors (Lipinski definition) is 2. The third-order valence-corrected chi connectivity index (χ3v) is 2.71. The maximum atomic E-state index is 3.26. The average molecular weight is 172 g/mol. The fourth-order valence-corrected chi connectivity index (χ4v) is 1.41. The summed E-state index contributed by atoms with van der Waals surface area (Å²) in [6.45, 7) is 5.63. The highest BCUT2D eigenvalue weighted by atomic mass is 15.2. The molecule has 1 atom stereocenters. The van der Waals surface area contributed by atoms with Gasteiger partial charge in [-0.3, -0.25) is 0 Å². The van der Waals surface area contributed by atoms with Gasteiger partial charge in [0.15, 0.2) is 0 Å². The summed E-state index contributed by atoms with van der Waals surface area (Å²) in [5.74, 6) is 0.